The summed E-state index contributed by atoms with van der Waals surface area (Å²) in [6, 6.07) is 1.65. The smallest absolute Gasteiger partial charge is 0.343 e. The number of hydrogen-bond acceptors (Lipinski definition) is 1. The second-order valence-corrected chi connectivity index (χ2v) is 9.70. The van der Waals surface area contributed by atoms with Crippen LogP contribution in [0.5, 0.6) is 0 Å². The predicted octanol–water partition coefficient (Wildman–Crippen LogP) is -0.730. The molecule has 3 heteroatoms. The van der Waals surface area contributed by atoms with Crippen LogP contribution >= 0.6 is 0 Å². The van der Waals surface area contributed by atoms with Crippen LogP contribution in [0.3, 0.4) is 0 Å². The predicted molar refractivity (Wildman–Crippen MR) is 50.7 cm³/mol. The molecule has 62 valence electrons. The zero-order valence-electron chi connectivity index (χ0n) is 8.48. The molecule has 0 radical (unpaired) electrons. The van der Waals surface area contributed by atoms with Gasteiger partial charge in [-0.1, -0.05) is 26.1 Å². The Balaban J connectivity index is 0. The monoisotopic (exact) mass is 165 g/mol. The third kappa shape index (κ3) is 10.8. The molecule has 2 N–H and O–H groups in total. The summed E-state index contributed by atoms with van der Waals surface area (Å²) in [5.74, 6) is 0. The third-order valence-corrected chi connectivity index (χ3v) is 3.20. The molecule has 11 heavy (non-hydrogen) atoms. The molecule has 0 bridgehead atoms. The summed E-state index contributed by atoms with van der Waals surface area (Å²) in [7, 11) is -0.910. The van der Waals surface area contributed by atoms with Crippen molar-refractivity contribution >= 4 is 8.07 Å². The molecule has 0 aliphatic rings. The summed E-state index contributed by atoms with van der Waals surface area (Å²) in [5.41, 5.74) is 5.87. The standard InChI is InChI=1S/C8H20NSi.Li/c1-5-6-8(9)7-10(2,3)4;/h8H,1,5-7,9H2,2-4H3;/q-1;+1. The summed E-state index contributed by atoms with van der Waals surface area (Å²) in [5, 5.41) is 0. The first-order valence-corrected chi connectivity index (χ1v) is 7.71. The normalized spacial score (nSPS) is 13.9. The minimum Gasteiger partial charge on any atom is -0.343 e. The fourth-order valence-corrected chi connectivity index (χ4v) is 2.93. The van der Waals surface area contributed by atoms with Crippen molar-refractivity contribution < 1.29 is 18.9 Å². The van der Waals surface area contributed by atoms with Crippen LogP contribution in [0.25, 0.3) is 0 Å². The quantitative estimate of drug-likeness (QED) is 0.431. The Morgan fingerprint density at radius 1 is 1.36 bits per heavy atom. The van der Waals surface area contributed by atoms with E-state index >= 15 is 0 Å². The first-order valence-electron chi connectivity index (χ1n) is 4.00. The molecule has 0 aromatic rings. The van der Waals surface area contributed by atoms with E-state index in [9.17, 15) is 0 Å². The molecule has 0 heterocycles. The molecule has 0 spiro atoms. The Labute approximate surface area is 84.3 Å². The Kier molecular flexibility index (Phi) is 8.20. The second-order valence-electron chi connectivity index (χ2n) is 4.17. The van der Waals surface area contributed by atoms with Gasteiger partial charge in [0.2, 0.25) is 0 Å². The molecular formula is C8H20LiNSi. The Morgan fingerprint density at radius 3 is 2.09 bits per heavy atom. The van der Waals surface area contributed by atoms with Crippen LogP contribution in [0.4, 0.5) is 0 Å². The Hall–Kier alpha value is 0.774. The van der Waals surface area contributed by atoms with E-state index in [0.29, 0.717) is 6.04 Å². The zero-order chi connectivity index (χ0) is 8.20. The van der Waals surface area contributed by atoms with Gasteiger partial charge in [-0.15, -0.1) is 0 Å². The van der Waals surface area contributed by atoms with Gasteiger partial charge in [-0.2, -0.15) is 6.42 Å². The molecule has 1 atom stereocenters. The van der Waals surface area contributed by atoms with Gasteiger partial charge in [0.05, 0.1) is 0 Å². The zero-order valence-corrected chi connectivity index (χ0v) is 9.48. The van der Waals surface area contributed by atoms with Gasteiger partial charge < -0.3 is 12.7 Å². The topological polar surface area (TPSA) is 26.0 Å². The fourth-order valence-electron chi connectivity index (χ4n) is 1.15. The number of hydrogen-bond donors (Lipinski definition) is 1. The van der Waals surface area contributed by atoms with Crippen LogP contribution in [0.1, 0.15) is 12.8 Å². The van der Waals surface area contributed by atoms with Crippen LogP contribution in [-0.4, -0.2) is 14.1 Å². The second kappa shape index (κ2) is 6.31. The van der Waals surface area contributed by atoms with Crippen molar-refractivity contribution in [2.75, 3.05) is 0 Å². The van der Waals surface area contributed by atoms with E-state index in [-0.39, 0.29) is 18.9 Å². The van der Waals surface area contributed by atoms with E-state index in [1.807, 2.05) is 0 Å². The minimum atomic E-state index is -0.910. The van der Waals surface area contributed by atoms with Crippen molar-refractivity contribution in [1.29, 1.82) is 0 Å². The third-order valence-electron chi connectivity index (χ3n) is 1.45. The molecule has 0 aromatic carbocycles. The van der Waals surface area contributed by atoms with Crippen molar-refractivity contribution in [1.82, 2.24) is 0 Å². The van der Waals surface area contributed by atoms with E-state index < -0.39 is 8.07 Å². The SMILES string of the molecule is [CH2-]CCC(N)C[Si](C)(C)C.[Li+]. The van der Waals surface area contributed by atoms with Gasteiger partial charge in [0.1, 0.15) is 0 Å². The van der Waals surface area contributed by atoms with Crippen LogP contribution in [0.15, 0.2) is 0 Å². The van der Waals surface area contributed by atoms with E-state index in [1.54, 1.807) is 0 Å². The van der Waals surface area contributed by atoms with Gasteiger partial charge >= 0.3 is 18.9 Å². The van der Waals surface area contributed by atoms with Crippen LogP contribution in [-0.2, 0) is 0 Å². The van der Waals surface area contributed by atoms with Gasteiger partial charge in [0.15, 0.2) is 0 Å². The summed E-state index contributed by atoms with van der Waals surface area (Å²) in [4.78, 5) is 0. The largest absolute Gasteiger partial charge is 1.00 e. The first-order chi connectivity index (χ1) is 4.45. The summed E-state index contributed by atoms with van der Waals surface area (Å²) in [6.45, 7) is 10.9. The van der Waals surface area contributed by atoms with Crippen molar-refractivity contribution in [2.24, 2.45) is 5.73 Å². The summed E-state index contributed by atoms with van der Waals surface area (Å²) >= 11 is 0. The number of nitrogens with two attached hydrogens (primary N) is 1. The average molecular weight is 165 g/mol. The van der Waals surface area contributed by atoms with E-state index in [0.717, 1.165) is 12.8 Å². The van der Waals surface area contributed by atoms with Gasteiger partial charge in [0, 0.05) is 8.07 Å². The summed E-state index contributed by atoms with van der Waals surface area (Å²) < 4.78 is 0. The molecule has 0 fully saturated rings. The maximum absolute atomic E-state index is 5.87. The molecule has 1 nitrogen and oxygen atoms in total. The Bertz CT molecular complexity index is 90.6. The van der Waals surface area contributed by atoms with E-state index in [4.69, 9.17) is 5.73 Å². The maximum Gasteiger partial charge on any atom is 1.00 e. The van der Waals surface area contributed by atoms with Crippen LogP contribution in [0.2, 0.25) is 25.7 Å². The van der Waals surface area contributed by atoms with Crippen molar-refractivity contribution in [3.8, 4) is 0 Å². The Morgan fingerprint density at radius 2 is 1.82 bits per heavy atom. The van der Waals surface area contributed by atoms with Gasteiger partial charge in [-0.25, -0.2) is 0 Å². The first kappa shape index (κ1) is 14.3. The van der Waals surface area contributed by atoms with Crippen LogP contribution < -0.4 is 24.6 Å². The minimum absolute atomic E-state index is 0. The molecule has 0 saturated heterocycles. The average Bonchev–Trinajstić information content (AvgIpc) is 1.59. The molecule has 0 rings (SSSR count). The van der Waals surface area contributed by atoms with E-state index in [2.05, 4.69) is 26.6 Å². The van der Waals surface area contributed by atoms with Crippen LogP contribution in [0, 0.1) is 6.92 Å². The van der Waals surface area contributed by atoms with Crippen molar-refractivity contribution in [2.45, 2.75) is 44.6 Å². The molecular weight excluding hydrogens is 145 g/mol. The number of rotatable bonds is 4. The molecule has 0 saturated carbocycles. The molecule has 0 aliphatic carbocycles. The molecule has 0 aromatic heterocycles. The molecule has 0 aliphatic heterocycles. The maximum atomic E-state index is 5.87. The van der Waals surface area contributed by atoms with E-state index in [1.165, 1.54) is 6.04 Å². The van der Waals surface area contributed by atoms with Gasteiger partial charge in [-0.05, 0) is 12.1 Å². The fraction of sp³-hybridized carbons (Fsp3) is 0.875. The van der Waals surface area contributed by atoms with Gasteiger partial charge in [-0.3, -0.25) is 0 Å². The van der Waals surface area contributed by atoms with Crippen molar-refractivity contribution in [3.05, 3.63) is 6.92 Å². The van der Waals surface area contributed by atoms with Crippen molar-refractivity contribution in [3.63, 3.8) is 0 Å². The summed E-state index contributed by atoms with van der Waals surface area (Å²) in [6.07, 6.45) is 2.07. The molecule has 1 unspecified atom stereocenters. The van der Waals surface area contributed by atoms with Gasteiger partial charge in [0.25, 0.3) is 0 Å². The molecule has 0 amide bonds.